The van der Waals surface area contributed by atoms with Gasteiger partial charge in [-0.2, -0.15) is 0 Å². The van der Waals surface area contributed by atoms with Gasteiger partial charge in [0.2, 0.25) is 0 Å². The third kappa shape index (κ3) is 5.40. The molecule has 0 amide bonds. The van der Waals surface area contributed by atoms with Crippen LogP contribution in [0.25, 0.3) is 10.8 Å². The Bertz CT molecular complexity index is 1380. The van der Waals surface area contributed by atoms with Gasteiger partial charge in [0.1, 0.15) is 11.6 Å². The highest BCUT2D eigenvalue weighted by molar-refractivity contribution is 5.84. The van der Waals surface area contributed by atoms with Crippen molar-refractivity contribution in [2.75, 3.05) is 6.61 Å². The zero-order chi connectivity index (χ0) is 24.1. The molecule has 0 saturated heterocycles. The molecule has 0 bridgehead atoms. The van der Waals surface area contributed by atoms with Gasteiger partial charge in [0.25, 0.3) is 0 Å². The Morgan fingerprint density at radius 1 is 0.706 bits per heavy atom. The summed E-state index contributed by atoms with van der Waals surface area (Å²) in [6, 6.07) is 18.0. The number of halogens is 4. The fourth-order valence-corrected chi connectivity index (χ4v) is 3.60. The summed E-state index contributed by atoms with van der Waals surface area (Å²) in [4.78, 5) is 0. The summed E-state index contributed by atoms with van der Waals surface area (Å²) >= 11 is 0. The van der Waals surface area contributed by atoms with E-state index in [1.807, 2.05) is 30.3 Å². The molecule has 0 atom stereocenters. The van der Waals surface area contributed by atoms with Crippen LogP contribution in [-0.4, -0.2) is 6.61 Å². The van der Waals surface area contributed by atoms with E-state index in [0.29, 0.717) is 18.6 Å². The predicted molar refractivity (Wildman–Crippen MR) is 126 cm³/mol. The number of ether oxygens (including phenoxy) is 1. The second-order valence-corrected chi connectivity index (χ2v) is 7.98. The molecular weight excluding hydrogens is 440 g/mol. The van der Waals surface area contributed by atoms with Crippen molar-refractivity contribution >= 4 is 10.8 Å². The van der Waals surface area contributed by atoms with E-state index in [1.54, 1.807) is 6.07 Å². The first kappa shape index (κ1) is 23.4. The fraction of sp³-hybridized carbons (Fsp3) is 0.172. The average Bonchev–Trinajstić information content (AvgIpc) is 2.84. The highest BCUT2D eigenvalue weighted by Crippen LogP contribution is 2.24. The number of hydrogen-bond donors (Lipinski definition) is 0. The maximum atomic E-state index is 14.6. The normalized spacial score (nSPS) is 10.7. The zero-order valence-electron chi connectivity index (χ0n) is 18.6. The van der Waals surface area contributed by atoms with Crippen LogP contribution in [0.15, 0.2) is 66.7 Å². The third-order valence-electron chi connectivity index (χ3n) is 5.45. The van der Waals surface area contributed by atoms with Crippen LogP contribution >= 0.6 is 0 Å². The van der Waals surface area contributed by atoms with Gasteiger partial charge in [-0.3, -0.25) is 0 Å². The predicted octanol–water partition coefficient (Wildman–Crippen LogP) is 7.37. The van der Waals surface area contributed by atoms with Crippen LogP contribution in [0.3, 0.4) is 0 Å². The molecule has 4 aromatic carbocycles. The van der Waals surface area contributed by atoms with Gasteiger partial charge in [-0.25, -0.2) is 17.6 Å². The monoisotopic (exact) mass is 462 g/mol. The highest BCUT2D eigenvalue weighted by Gasteiger charge is 2.13. The molecule has 4 aromatic rings. The van der Waals surface area contributed by atoms with Gasteiger partial charge in [0, 0.05) is 10.9 Å². The minimum Gasteiger partial charge on any atom is -0.494 e. The van der Waals surface area contributed by atoms with E-state index >= 15 is 0 Å². The summed E-state index contributed by atoms with van der Waals surface area (Å²) in [5.74, 6) is 1.95. The standard InChI is InChI=1S/C29H22F4O/c1-2-15-34-24-12-7-19(8-13-24)3-4-21-6-11-22(26(30)17-21)10-5-20-9-14-25-23(16-20)18-27(31)29(33)28(25)32/h6-9,11-14,16-18H,2-4,15H2,1H3. The fourth-order valence-electron chi connectivity index (χ4n) is 3.60. The lowest BCUT2D eigenvalue weighted by atomic mass is 10.0. The van der Waals surface area contributed by atoms with Crippen LogP contribution in [0.1, 0.15) is 35.6 Å². The van der Waals surface area contributed by atoms with E-state index in [4.69, 9.17) is 4.74 Å². The second kappa shape index (κ2) is 10.4. The maximum Gasteiger partial charge on any atom is 0.195 e. The zero-order valence-corrected chi connectivity index (χ0v) is 18.6. The molecule has 0 aliphatic carbocycles. The molecule has 5 heteroatoms. The van der Waals surface area contributed by atoms with Crippen LogP contribution in [0.5, 0.6) is 5.75 Å². The van der Waals surface area contributed by atoms with Crippen molar-refractivity contribution in [3.63, 3.8) is 0 Å². The van der Waals surface area contributed by atoms with Crippen molar-refractivity contribution in [2.24, 2.45) is 0 Å². The number of aryl methyl sites for hydroxylation is 2. The Balaban J connectivity index is 1.44. The molecule has 34 heavy (non-hydrogen) atoms. The number of fused-ring (bicyclic) bond motifs is 1. The smallest absolute Gasteiger partial charge is 0.195 e. The molecule has 0 aliphatic heterocycles. The van der Waals surface area contributed by atoms with Crippen molar-refractivity contribution in [1.29, 1.82) is 0 Å². The summed E-state index contributed by atoms with van der Waals surface area (Å²) < 4.78 is 60.9. The molecular formula is C29H22F4O. The molecule has 172 valence electrons. The molecule has 0 N–H and O–H groups in total. The first-order valence-electron chi connectivity index (χ1n) is 11.0. The quantitative estimate of drug-likeness (QED) is 0.165. The first-order valence-corrected chi connectivity index (χ1v) is 11.0. The van der Waals surface area contributed by atoms with Crippen LogP contribution < -0.4 is 4.74 Å². The highest BCUT2D eigenvalue weighted by atomic mass is 19.2. The van der Waals surface area contributed by atoms with Gasteiger partial charge in [0.15, 0.2) is 17.5 Å². The SMILES string of the molecule is CCCOc1ccc(CCc2ccc(C#Cc3ccc4c(F)c(F)c(F)cc4c3)c(F)c2)cc1. The van der Waals surface area contributed by atoms with E-state index in [1.165, 1.54) is 24.3 Å². The molecule has 0 spiro atoms. The van der Waals surface area contributed by atoms with Crippen LogP contribution in [-0.2, 0) is 12.8 Å². The number of rotatable bonds is 6. The molecule has 0 radical (unpaired) electrons. The van der Waals surface area contributed by atoms with Crippen LogP contribution in [0.2, 0.25) is 0 Å². The van der Waals surface area contributed by atoms with Crippen molar-refractivity contribution in [1.82, 2.24) is 0 Å². The Kier molecular flexibility index (Phi) is 7.18. The molecule has 0 aliphatic rings. The largest absolute Gasteiger partial charge is 0.494 e. The lowest BCUT2D eigenvalue weighted by Gasteiger charge is -2.07. The van der Waals surface area contributed by atoms with Crippen LogP contribution in [0, 0.1) is 35.1 Å². The summed E-state index contributed by atoms with van der Waals surface area (Å²) in [6.07, 6.45) is 2.40. The molecule has 0 aromatic heterocycles. The molecule has 0 unspecified atom stereocenters. The summed E-state index contributed by atoms with van der Waals surface area (Å²) in [5.41, 5.74) is 2.65. The number of hydrogen-bond acceptors (Lipinski definition) is 1. The Morgan fingerprint density at radius 2 is 1.44 bits per heavy atom. The molecule has 0 heterocycles. The first-order chi connectivity index (χ1) is 16.4. The van der Waals surface area contributed by atoms with Gasteiger partial charge in [-0.15, -0.1) is 0 Å². The summed E-state index contributed by atoms with van der Waals surface area (Å²) in [7, 11) is 0. The Morgan fingerprint density at radius 3 is 2.18 bits per heavy atom. The van der Waals surface area contributed by atoms with E-state index in [9.17, 15) is 17.6 Å². The van der Waals surface area contributed by atoms with Gasteiger partial charge < -0.3 is 4.74 Å². The van der Waals surface area contributed by atoms with Gasteiger partial charge in [-0.1, -0.05) is 43.0 Å². The van der Waals surface area contributed by atoms with Crippen molar-refractivity contribution in [2.45, 2.75) is 26.2 Å². The minimum atomic E-state index is -1.51. The summed E-state index contributed by atoms with van der Waals surface area (Å²) in [5, 5.41) is 0.145. The number of benzene rings is 4. The molecule has 1 nitrogen and oxygen atoms in total. The van der Waals surface area contributed by atoms with E-state index in [0.717, 1.165) is 35.8 Å². The summed E-state index contributed by atoms with van der Waals surface area (Å²) in [6.45, 7) is 2.74. The molecule has 0 saturated carbocycles. The molecule has 0 fully saturated rings. The molecule has 4 rings (SSSR count). The second-order valence-electron chi connectivity index (χ2n) is 7.98. The van der Waals surface area contributed by atoms with Gasteiger partial charge in [0.05, 0.1) is 12.2 Å². The van der Waals surface area contributed by atoms with Gasteiger partial charge >= 0.3 is 0 Å². The third-order valence-corrected chi connectivity index (χ3v) is 5.45. The average molecular weight is 462 g/mol. The maximum absolute atomic E-state index is 14.6. The Hall–Kier alpha value is -3.78. The lowest BCUT2D eigenvalue weighted by Crippen LogP contribution is -1.96. The van der Waals surface area contributed by atoms with Crippen molar-refractivity contribution in [3.8, 4) is 17.6 Å². The topological polar surface area (TPSA) is 9.23 Å². The lowest BCUT2D eigenvalue weighted by molar-refractivity contribution is 0.317. The minimum absolute atomic E-state index is 0.0388. The van der Waals surface area contributed by atoms with E-state index < -0.39 is 23.3 Å². The van der Waals surface area contributed by atoms with E-state index in [-0.39, 0.29) is 16.3 Å². The van der Waals surface area contributed by atoms with E-state index in [2.05, 4.69) is 18.8 Å². The van der Waals surface area contributed by atoms with Crippen LogP contribution in [0.4, 0.5) is 17.6 Å². The van der Waals surface area contributed by atoms with Gasteiger partial charge in [-0.05, 0) is 78.2 Å². The van der Waals surface area contributed by atoms with Crippen molar-refractivity contribution in [3.05, 3.63) is 112 Å². The Labute approximate surface area is 196 Å². The van der Waals surface area contributed by atoms with Crippen molar-refractivity contribution < 1.29 is 22.3 Å².